The Labute approximate surface area is 875 Å². The van der Waals surface area contributed by atoms with Gasteiger partial charge in [-0.25, -0.2) is 48.7 Å². The van der Waals surface area contributed by atoms with Crippen LogP contribution in [0.4, 0.5) is 37.3 Å². The van der Waals surface area contributed by atoms with Crippen LogP contribution in [0.3, 0.4) is 0 Å². The number of halogens is 2. The molecule has 4 aliphatic carbocycles. The second kappa shape index (κ2) is 49.8. The van der Waals surface area contributed by atoms with E-state index in [0.29, 0.717) is 169 Å². The Morgan fingerprint density at radius 1 is 0.517 bits per heavy atom. The van der Waals surface area contributed by atoms with Crippen molar-refractivity contribution >= 4 is 141 Å². The van der Waals surface area contributed by atoms with Crippen LogP contribution in [-0.4, -0.2) is 264 Å². The van der Waals surface area contributed by atoms with Crippen LogP contribution in [0, 0.1) is 0 Å². The fourth-order valence-corrected chi connectivity index (χ4v) is 19.5. The maximum atomic E-state index is 13.6. The number of thiol groups is 1. The van der Waals surface area contributed by atoms with Crippen LogP contribution in [0.5, 0.6) is 0 Å². The summed E-state index contributed by atoms with van der Waals surface area (Å²) in [5, 5.41) is 8.68. The summed E-state index contributed by atoms with van der Waals surface area (Å²) < 4.78 is 88.6. The Morgan fingerprint density at radius 2 is 0.884 bits per heavy atom. The summed E-state index contributed by atoms with van der Waals surface area (Å²) >= 11 is 6.62. The van der Waals surface area contributed by atoms with E-state index in [1.165, 1.54) is 38.2 Å². The third-order valence-corrected chi connectivity index (χ3v) is 28.7. The summed E-state index contributed by atoms with van der Waals surface area (Å²) in [7, 11) is 10.6. The number of rotatable bonds is 27. The molecule has 40 heteroatoms. The number of pyridine rings is 4. The number of likely N-dealkylation sites (N-methyl/N-ethyl adjacent to an activating group) is 2. The van der Waals surface area contributed by atoms with Gasteiger partial charge in [-0.3, -0.25) is 28.5 Å². The number of esters is 4. The third-order valence-electron chi connectivity index (χ3n) is 26.6. The number of nitrogens with zero attached hydrogens (tertiary/aromatic N) is 8. The first-order valence-corrected chi connectivity index (χ1v) is 53.0. The molecule has 0 saturated carbocycles. The molecular formula is C107H132B2BrFN11O23SSi. The van der Waals surface area contributed by atoms with Gasteiger partial charge in [0.25, 0.3) is 0 Å². The van der Waals surface area contributed by atoms with Gasteiger partial charge >= 0.3 is 67.9 Å². The summed E-state index contributed by atoms with van der Waals surface area (Å²) in [4.78, 5) is 145. The van der Waals surface area contributed by atoms with E-state index in [9.17, 15) is 52.3 Å². The molecule has 34 nitrogen and oxygen atoms in total. The molecule has 1 fully saturated rings. The summed E-state index contributed by atoms with van der Waals surface area (Å²) in [6.45, 7) is 31.2. The molecule has 0 unspecified atom stereocenters. The number of aromatic nitrogens is 4. The van der Waals surface area contributed by atoms with E-state index in [2.05, 4.69) is 96.2 Å². The molecule has 9 aliphatic rings. The topological polar surface area (TPSA) is 400 Å². The maximum absolute atomic E-state index is 13.6. The monoisotopic (exact) mass is 2120 g/mol. The molecule has 1 radical (unpaired) electrons. The average Bonchev–Trinajstić information content (AvgIpc) is 1.51. The van der Waals surface area contributed by atoms with Gasteiger partial charge in [-0.15, -0.1) is 0 Å². The Bertz CT molecular complexity index is 6250. The van der Waals surface area contributed by atoms with Gasteiger partial charge in [-0.05, 0) is 265 Å². The number of carbonyl (C=O) groups excluding carboxylic acids is 10. The normalized spacial score (nSPS) is 19.0. The zero-order chi connectivity index (χ0) is 108. The number of carbonyl (C=O) groups is 10. The van der Waals surface area contributed by atoms with Crippen LogP contribution in [0.25, 0.3) is 6.08 Å². The van der Waals surface area contributed by atoms with Gasteiger partial charge in [0, 0.05) is 93.4 Å². The van der Waals surface area contributed by atoms with E-state index in [4.69, 9.17) is 62.8 Å². The minimum absolute atomic E-state index is 0.0166. The second-order valence-electron chi connectivity index (χ2n) is 40.8. The van der Waals surface area contributed by atoms with Gasteiger partial charge in [0.05, 0.1) is 145 Å². The minimum atomic E-state index is -1.20. The molecule has 4 spiro atoms. The molecule has 147 heavy (non-hydrogen) atoms. The summed E-state index contributed by atoms with van der Waals surface area (Å²) in [6, 6.07) is 34.7. The van der Waals surface area contributed by atoms with Crippen LogP contribution in [0.15, 0.2) is 161 Å². The number of hydrogen-bond acceptors (Lipinski definition) is 29. The van der Waals surface area contributed by atoms with Crippen LogP contribution in [0.2, 0.25) is 25.7 Å². The Morgan fingerprint density at radius 3 is 1.31 bits per heavy atom. The van der Waals surface area contributed by atoms with Gasteiger partial charge in [0.15, 0.2) is 0 Å². The van der Waals surface area contributed by atoms with Gasteiger partial charge in [-0.2, -0.15) is 0 Å². The molecule has 4 aromatic carbocycles. The van der Waals surface area contributed by atoms with Gasteiger partial charge in [-0.1, -0.05) is 80.2 Å². The van der Waals surface area contributed by atoms with Gasteiger partial charge < -0.3 is 87.2 Å². The van der Waals surface area contributed by atoms with Crippen LogP contribution in [0.1, 0.15) is 184 Å². The van der Waals surface area contributed by atoms with Crippen molar-refractivity contribution in [2.45, 2.75) is 190 Å². The number of anilines is 4. The van der Waals surface area contributed by atoms with Crippen molar-refractivity contribution in [3.63, 3.8) is 0 Å². The number of alkyl halides is 1. The standard InChI is InChI=1S/C30H37N3O7.C23H28N2O4Si.C19H36BNO6.C17H13BrN2O3.C17H14N2O3.CH3F.BHNS/c1-29(2,3)40-28(36)33(4)10-12-39-14-13-38-11-6-7-20-15-24-25(31-19-20)32-27(35)30(24)17-22-9-8-21(26(34)37-5)16-23(22)18-30;1-28-21(26)16-7-8-17-13-23(14-18(17)12-16)19-6-5-9-24-20(19)25(22(23)27)15-29-10-11-30(2,3)4;1-17(2,3)25-16(22)21(8)11-13-24-15-14-23-12-9-10-20-26-18(4,5)19(6,7)27-20;1-23-15(21)9-2-3-10-6-17(7-11(10)4-9)13-5-12(18)8-19-14(13)20-16(17)22;1-22-15(20)10-4-5-11-8-17(9-12(11)7-10)13-3-2-6-18-14(13)19-16(17)21;1-2;1-2-3/h6-9,15-16,19H,10-14,17-18H2,1-5H3,(H,31,32,35);5-9,12H,10-11,13-15H2,1-4H3;9-10H,11-15H2,1-8H3;2-5,8H,6-7H2,1H3,(H,19,20,22);2-7H,8-9H2,1H3,(H,18,19,21);1H3;3H/b7-6+;;10-9+;;;;/t30-;23-;;2*17-;;/m00.00../s1/i;;;;;1D;. The molecule has 4 atom stereocenters. The quantitative estimate of drug-likeness (QED) is 0.0122. The van der Waals surface area contributed by atoms with Crippen molar-refractivity contribution in [2.75, 3.05) is 150 Å². The van der Waals surface area contributed by atoms with Gasteiger partial charge in [0.2, 0.25) is 23.6 Å². The van der Waals surface area contributed by atoms with E-state index in [0.717, 1.165) is 82.8 Å². The van der Waals surface area contributed by atoms with Crippen molar-refractivity contribution < 1.29 is 115 Å². The molecule has 8 aromatic rings. The molecule has 4 aromatic heterocycles. The predicted molar refractivity (Wildman–Crippen MR) is 564 cm³/mol. The van der Waals surface area contributed by atoms with E-state index in [1.807, 2.05) is 178 Å². The third kappa shape index (κ3) is 27.9. The molecule has 783 valence electrons. The van der Waals surface area contributed by atoms with Crippen molar-refractivity contribution in [2.24, 2.45) is 4.30 Å². The molecule has 6 amide bonds. The number of methoxy groups -OCH3 is 4. The fourth-order valence-electron chi connectivity index (χ4n) is 18.4. The number of fused-ring (bicyclic) bond motifs is 12. The van der Waals surface area contributed by atoms with E-state index >= 15 is 0 Å². The first-order valence-electron chi connectivity index (χ1n) is 48.8. The number of hydrogen-bond donors (Lipinski definition) is 4. The van der Waals surface area contributed by atoms with Crippen LogP contribution in [-0.2, 0) is 154 Å². The van der Waals surface area contributed by atoms with Crippen LogP contribution >= 0.6 is 28.7 Å². The zero-order valence-corrected chi connectivity index (χ0v) is 90.4. The van der Waals surface area contributed by atoms with Crippen LogP contribution < -0.4 is 20.9 Å². The van der Waals surface area contributed by atoms with Crippen molar-refractivity contribution in [1.29, 1.82) is 0 Å². The zero-order valence-electron chi connectivity index (χ0n) is 87.9. The fraction of sp³-hybridized carbons (Fsp3) is 0.458. The SMILES string of the molecule is CN(CCOCCOC/C=C/B1OC(C)(C)C(C)(C)O1)C(=O)OC(C)(C)C.COC(=O)c1ccc2c(c1)C[C@]1(C2)C(=O)N(COCC[Si](C)(C)C)c2ncccc21.COC(=O)c1ccc2c(c1)C[C@]1(C2)C(=O)Nc2ncc(/C=C/COCCOCCN(C)C(=O)OC(C)(C)C)cc21.COC(=O)c1ccc2c(c1)C[C@]1(C2)C(=O)Nc2ncc(Br)cc21.COC(=O)c1ccc2c(c1)C[C@]1(C2)C(=O)Nc2ncccc21.[2H]CF.[B]=NS. The van der Waals surface area contributed by atoms with Gasteiger partial charge in [0.1, 0.15) is 41.2 Å². The van der Waals surface area contributed by atoms with Crippen molar-refractivity contribution in [1.82, 2.24) is 29.7 Å². The Hall–Kier alpha value is -12.1. The van der Waals surface area contributed by atoms with Crippen molar-refractivity contribution in [3.05, 3.63) is 251 Å². The molecule has 3 N–H and O–H groups in total. The molecule has 0 bridgehead atoms. The summed E-state index contributed by atoms with van der Waals surface area (Å²) in [5.41, 5.74) is 10.5. The Kier molecular flexibility index (Phi) is 38.5. The second-order valence-corrected chi connectivity index (χ2v) is 47.6. The van der Waals surface area contributed by atoms with E-state index < -0.39 is 54.1 Å². The molecule has 1 saturated heterocycles. The van der Waals surface area contributed by atoms with Crippen molar-refractivity contribution in [3.8, 4) is 0 Å². The number of ether oxygens (including phenoxy) is 11. The first-order chi connectivity index (χ1) is 70.1. The molecule has 5 aliphatic heterocycles. The number of amides is 6. The molecular weight excluding hydrogens is 1990 g/mol. The predicted octanol–water partition coefficient (Wildman–Crippen LogP) is 15.7. The summed E-state index contributed by atoms with van der Waals surface area (Å²) in [5.74, 6) is 2.82. The average molecular weight is 2120 g/mol. The van der Waals surface area contributed by atoms with E-state index in [1.54, 1.807) is 68.0 Å². The first kappa shape index (κ1) is 114. The molecule has 9 heterocycles. The van der Waals surface area contributed by atoms with E-state index in [-0.39, 0.29) is 78.8 Å². The number of nitrogens with one attached hydrogen (secondary N) is 3. The number of benzene rings is 4. The molecule has 17 rings (SSSR count). The summed E-state index contributed by atoms with van der Waals surface area (Å²) in [6.07, 6.45) is 16.3. The Balaban J connectivity index is 0.000000176.